The zero-order chi connectivity index (χ0) is 17.4. The van der Waals surface area contributed by atoms with Gasteiger partial charge in [0.2, 0.25) is 5.91 Å². The average molecular weight is 359 g/mol. The second-order valence-corrected chi connectivity index (χ2v) is 6.93. The monoisotopic (exact) mass is 358 g/mol. The maximum atomic E-state index is 12.4. The van der Waals surface area contributed by atoms with E-state index < -0.39 is 6.04 Å². The van der Waals surface area contributed by atoms with Crippen LogP contribution >= 0.6 is 23.5 Å². The standard InChI is InChI=1S/C16H26N2O3S2/c1-18(16(19)12(17)6-7-22-4)10-11-8-13(20-2)14(21-3)9-15(11)23-5/h8-9,12H,6-7,10,17H2,1-5H3/t12-/m0/s1. The number of likely N-dealkylation sites (N-methyl/N-ethyl adjacent to an activating group) is 1. The van der Waals surface area contributed by atoms with Crippen molar-refractivity contribution in [2.24, 2.45) is 5.73 Å². The molecule has 130 valence electrons. The Morgan fingerprint density at radius 2 is 1.87 bits per heavy atom. The van der Waals surface area contributed by atoms with Crippen molar-refractivity contribution in [1.29, 1.82) is 0 Å². The van der Waals surface area contributed by atoms with E-state index in [2.05, 4.69) is 0 Å². The van der Waals surface area contributed by atoms with Gasteiger partial charge in [-0.1, -0.05) is 0 Å². The van der Waals surface area contributed by atoms with Gasteiger partial charge in [0.05, 0.1) is 20.3 Å². The summed E-state index contributed by atoms with van der Waals surface area (Å²) in [5, 5.41) is 0. The molecule has 0 spiro atoms. The molecule has 1 atom stereocenters. The normalized spacial score (nSPS) is 11.9. The molecule has 5 nitrogen and oxygen atoms in total. The summed E-state index contributed by atoms with van der Waals surface area (Å²) in [6.45, 7) is 0.488. The minimum absolute atomic E-state index is 0.0408. The molecule has 1 rings (SSSR count). The number of carbonyl (C=O) groups is 1. The third-order valence-electron chi connectivity index (χ3n) is 3.52. The third-order valence-corrected chi connectivity index (χ3v) is 4.98. The van der Waals surface area contributed by atoms with Crippen molar-refractivity contribution >= 4 is 29.4 Å². The van der Waals surface area contributed by atoms with E-state index in [0.29, 0.717) is 24.5 Å². The smallest absolute Gasteiger partial charge is 0.239 e. The second-order valence-electron chi connectivity index (χ2n) is 5.10. The van der Waals surface area contributed by atoms with E-state index in [9.17, 15) is 4.79 Å². The highest BCUT2D eigenvalue weighted by Gasteiger charge is 2.20. The van der Waals surface area contributed by atoms with Crippen molar-refractivity contribution in [3.8, 4) is 11.5 Å². The van der Waals surface area contributed by atoms with Gasteiger partial charge in [0, 0.05) is 18.5 Å². The first-order valence-electron chi connectivity index (χ1n) is 7.26. The minimum atomic E-state index is -0.453. The van der Waals surface area contributed by atoms with Crippen LogP contribution in [0.4, 0.5) is 0 Å². The fourth-order valence-electron chi connectivity index (χ4n) is 2.20. The summed E-state index contributed by atoms with van der Waals surface area (Å²) >= 11 is 3.31. The predicted molar refractivity (Wildman–Crippen MR) is 98.8 cm³/mol. The van der Waals surface area contributed by atoms with Gasteiger partial charge in [0.1, 0.15) is 0 Å². The van der Waals surface area contributed by atoms with Gasteiger partial charge in [-0.25, -0.2) is 0 Å². The maximum Gasteiger partial charge on any atom is 0.239 e. The van der Waals surface area contributed by atoms with Crippen LogP contribution in [0.1, 0.15) is 12.0 Å². The highest BCUT2D eigenvalue weighted by Crippen LogP contribution is 2.35. The van der Waals surface area contributed by atoms with E-state index in [1.165, 1.54) is 0 Å². The van der Waals surface area contributed by atoms with Crippen LogP contribution in [-0.2, 0) is 11.3 Å². The largest absolute Gasteiger partial charge is 0.493 e. The lowest BCUT2D eigenvalue weighted by molar-refractivity contribution is -0.131. The zero-order valence-corrected chi connectivity index (χ0v) is 16.1. The summed E-state index contributed by atoms with van der Waals surface area (Å²) in [5.74, 6) is 2.19. The molecule has 2 N–H and O–H groups in total. The molecule has 0 aliphatic rings. The molecule has 0 aliphatic carbocycles. The van der Waals surface area contributed by atoms with Crippen molar-refractivity contribution in [3.63, 3.8) is 0 Å². The topological polar surface area (TPSA) is 64.8 Å². The Kier molecular flexibility index (Phi) is 8.65. The predicted octanol–water partition coefficient (Wildman–Crippen LogP) is 2.46. The van der Waals surface area contributed by atoms with Gasteiger partial charge >= 0.3 is 0 Å². The van der Waals surface area contributed by atoms with E-state index in [0.717, 1.165) is 16.2 Å². The molecular formula is C16H26N2O3S2. The summed E-state index contributed by atoms with van der Waals surface area (Å²) in [4.78, 5) is 15.1. The van der Waals surface area contributed by atoms with E-state index in [-0.39, 0.29) is 5.91 Å². The lowest BCUT2D eigenvalue weighted by atomic mass is 10.1. The first-order valence-corrected chi connectivity index (χ1v) is 9.88. The Morgan fingerprint density at radius 3 is 2.39 bits per heavy atom. The molecule has 0 aliphatic heterocycles. The number of benzene rings is 1. The molecule has 1 aromatic carbocycles. The van der Waals surface area contributed by atoms with Gasteiger partial charge in [0.15, 0.2) is 11.5 Å². The van der Waals surface area contributed by atoms with Crippen LogP contribution in [0.3, 0.4) is 0 Å². The molecule has 0 aromatic heterocycles. The van der Waals surface area contributed by atoms with E-state index in [1.54, 1.807) is 49.7 Å². The van der Waals surface area contributed by atoms with E-state index >= 15 is 0 Å². The van der Waals surface area contributed by atoms with Crippen molar-refractivity contribution < 1.29 is 14.3 Å². The molecule has 0 radical (unpaired) electrons. The fourth-order valence-corrected chi connectivity index (χ4v) is 3.30. The number of nitrogens with two attached hydrogens (primary N) is 1. The first kappa shape index (κ1) is 20.0. The van der Waals surface area contributed by atoms with Gasteiger partial charge in [0.25, 0.3) is 0 Å². The van der Waals surface area contributed by atoms with Gasteiger partial charge in [-0.05, 0) is 42.4 Å². The Morgan fingerprint density at radius 1 is 1.26 bits per heavy atom. The summed E-state index contributed by atoms with van der Waals surface area (Å²) in [7, 11) is 5.00. The average Bonchev–Trinajstić information content (AvgIpc) is 2.58. The fraction of sp³-hybridized carbons (Fsp3) is 0.562. The van der Waals surface area contributed by atoms with Crippen LogP contribution in [0.25, 0.3) is 0 Å². The Labute approximate surface area is 147 Å². The summed E-state index contributed by atoms with van der Waals surface area (Å²) < 4.78 is 10.7. The van der Waals surface area contributed by atoms with Crippen molar-refractivity contribution in [1.82, 2.24) is 4.90 Å². The first-order chi connectivity index (χ1) is 11.0. The number of ether oxygens (including phenoxy) is 2. The van der Waals surface area contributed by atoms with Gasteiger partial charge in [-0.3, -0.25) is 4.79 Å². The number of hydrogen-bond acceptors (Lipinski definition) is 6. The second kappa shape index (κ2) is 9.95. The number of hydrogen-bond donors (Lipinski definition) is 1. The van der Waals surface area contributed by atoms with Gasteiger partial charge in [-0.15, -0.1) is 11.8 Å². The lowest BCUT2D eigenvalue weighted by Crippen LogP contribution is -2.41. The molecule has 0 bridgehead atoms. The molecule has 1 amide bonds. The Bertz CT molecular complexity index is 526. The van der Waals surface area contributed by atoms with Gasteiger partial charge in [-0.2, -0.15) is 11.8 Å². The van der Waals surface area contributed by atoms with Gasteiger partial charge < -0.3 is 20.1 Å². The molecule has 23 heavy (non-hydrogen) atoms. The highest BCUT2D eigenvalue weighted by molar-refractivity contribution is 7.98. The zero-order valence-electron chi connectivity index (χ0n) is 14.4. The molecule has 0 saturated heterocycles. The quantitative estimate of drug-likeness (QED) is 0.684. The maximum absolute atomic E-state index is 12.4. The number of carbonyl (C=O) groups excluding carboxylic acids is 1. The van der Waals surface area contributed by atoms with Crippen LogP contribution in [0.5, 0.6) is 11.5 Å². The van der Waals surface area contributed by atoms with Crippen LogP contribution < -0.4 is 15.2 Å². The Balaban J connectivity index is 2.92. The van der Waals surface area contributed by atoms with Crippen molar-refractivity contribution in [3.05, 3.63) is 17.7 Å². The summed E-state index contributed by atoms with van der Waals surface area (Å²) in [5.41, 5.74) is 6.99. The number of nitrogens with zero attached hydrogens (tertiary/aromatic N) is 1. The Hall–Kier alpha value is -1.05. The number of thioether (sulfide) groups is 2. The minimum Gasteiger partial charge on any atom is -0.493 e. The molecule has 0 saturated carbocycles. The van der Waals surface area contributed by atoms with Crippen LogP contribution in [0.2, 0.25) is 0 Å². The molecule has 7 heteroatoms. The molecule has 0 fully saturated rings. The molecule has 0 unspecified atom stereocenters. The SMILES string of the molecule is COc1cc(CN(C)C(=O)[C@@H](N)CCSC)c(SC)cc1OC. The van der Waals surface area contributed by atoms with E-state index in [1.807, 2.05) is 24.6 Å². The lowest BCUT2D eigenvalue weighted by Gasteiger charge is -2.23. The number of methoxy groups -OCH3 is 2. The molecular weight excluding hydrogens is 332 g/mol. The highest BCUT2D eigenvalue weighted by atomic mass is 32.2. The van der Waals surface area contributed by atoms with Crippen LogP contribution in [0.15, 0.2) is 17.0 Å². The van der Waals surface area contributed by atoms with Crippen LogP contribution in [-0.4, -0.2) is 56.4 Å². The summed E-state index contributed by atoms with van der Waals surface area (Å²) in [6.07, 6.45) is 4.69. The summed E-state index contributed by atoms with van der Waals surface area (Å²) in [6, 6.07) is 3.40. The molecule has 0 heterocycles. The van der Waals surface area contributed by atoms with Crippen molar-refractivity contribution in [2.45, 2.75) is 23.9 Å². The van der Waals surface area contributed by atoms with Crippen LogP contribution in [0, 0.1) is 0 Å². The number of amides is 1. The molecule has 1 aromatic rings. The van der Waals surface area contributed by atoms with E-state index in [4.69, 9.17) is 15.2 Å². The third kappa shape index (κ3) is 5.51. The van der Waals surface area contributed by atoms with Crippen molar-refractivity contribution in [2.75, 3.05) is 39.5 Å². The number of rotatable bonds is 9.